The molecule has 1 aliphatic heterocycles. The maximum Gasteiger partial charge on any atom is 0.305 e. The van der Waals surface area contributed by atoms with Crippen LogP contribution in [-0.2, 0) is 92.7 Å². The molecular formula is C68H107N19O21. The summed E-state index contributed by atoms with van der Waals surface area (Å²) in [5.74, 6) is -24.2. The zero-order chi connectivity index (χ0) is 81.4. The number of carbonyl (C=O) groups excluding carboxylic acids is 16. The molecule has 0 saturated carbocycles. The number of nitrogens with one attached hydrogen (secondary N) is 14. The van der Waals surface area contributed by atoms with E-state index in [2.05, 4.69) is 74.1 Å². The molecule has 1 aromatic carbocycles. The van der Waals surface area contributed by atoms with Gasteiger partial charge in [-0.3, -0.25) is 86.3 Å². The van der Waals surface area contributed by atoms with Crippen molar-refractivity contribution in [2.45, 2.75) is 224 Å². The molecule has 40 heteroatoms. The van der Waals surface area contributed by atoms with Gasteiger partial charge in [-0.2, -0.15) is 0 Å². The minimum Gasteiger partial charge on any atom is -0.481 e. The smallest absolute Gasteiger partial charge is 0.305 e. The normalized spacial score (nSPS) is 25.4. The van der Waals surface area contributed by atoms with Crippen LogP contribution in [0.5, 0.6) is 0 Å². The van der Waals surface area contributed by atoms with Gasteiger partial charge in [0.05, 0.1) is 44.8 Å². The van der Waals surface area contributed by atoms with E-state index >= 15 is 0 Å². The standard InChI is InChI=1S/C68H107N19O21/c1-9-34(8)55-68(108)84-46(27-52(92)93)64(104)82-44(25-49(71)89)62(102)79-42(22-32(4)5)60(100)83-47(28-53(94)95)65(105)86-54(33(6)7)67(107)77-39(56(73)96)18-14-20-74-57(97)37(70)24-51(91)76-43(23-35-29-75-38-16-11-10-15-36(35)38)61(101)81-45(26-50(72)90)63(103)85-48(30-88)66(106)80-41(21-31(2)3)59(99)78-40(58(98)87-55)17-12-13-19-69/h10-11,15-16,29,31-34,37,39-48,54-55,75,88H,9,12-14,17-28,30,69-70H2,1-8H3,(H2,71,89)(H2,72,90)(H2,73,96)(H,74,97)(H,76,91)(H,77,107)(H,78,99)(H,79,102)(H,80,106)(H,81,101)(H,82,104)(H,83,100)(H,84,108)(H,85,103)(H,86,105)(H,87,98)(H,92,93)(H,94,95)/t34-,37?,39?,40-,41-,42-,43-,44-,45-,46-,47-,48-,54-,55-/m0/s1. The number of carboxylic acid groups (broad SMARTS) is 2. The first kappa shape index (κ1) is 91.3. The molecule has 0 radical (unpaired) electrons. The largest absolute Gasteiger partial charge is 0.481 e. The first-order valence-corrected chi connectivity index (χ1v) is 35.5. The summed E-state index contributed by atoms with van der Waals surface area (Å²) in [6, 6.07) is -15.9. The van der Waals surface area contributed by atoms with Gasteiger partial charge in [0.15, 0.2) is 0 Å². The molecule has 0 bridgehead atoms. The van der Waals surface area contributed by atoms with Crippen molar-refractivity contribution in [2.75, 3.05) is 19.7 Å². The first-order chi connectivity index (χ1) is 50.7. The molecule has 3 rings (SSSR count). The zero-order valence-corrected chi connectivity index (χ0v) is 61.8. The van der Waals surface area contributed by atoms with Gasteiger partial charge < -0.3 is 118 Å². The van der Waals surface area contributed by atoms with Crippen LogP contribution < -0.4 is 97.8 Å². The number of para-hydroxylation sites is 1. The number of aliphatic carboxylic acids is 2. The Labute approximate surface area is 622 Å². The van der Waals surface area contributed by atoms with E-state index in [9.17, 15) is 102 Å². The van der Waals surface area contributed by atoms with Crippen molar-refractivity contribution in [2.24, 2.45) is 52.3 Å². The van der Waals surface area contributed by atoms with E-state index in [4.69, 9.17) is 28.7 Å². The Hall–Kier alpha value is -10.9. The predicted octanol–water partition coefficient (Wildman–Crippen LogP) is -6.74. The lowest BCUT2D eigenvalue weighted by atomic mass is 9.96. The van der Waals surface area contributed by atoms with E-state index in [0.717, 1.165) is 0 Å². The van der Waals surface area contributed by atoms with Crippen molar-refractivity contribution in [3.63, 3.8) is 0 Å². The molecule has 2 unspecified atom stereocenters. The summed E-state index contributed by atoms with van der Waals surface area (Å²) < 4.78 is 0. The lowest BCUT2D eigenvalue weighted by Gasteiger charge is -2.30. The van der Waals surface area contributed by atoms with E-state index in [-0.39, 0.29) is 64.5 Å². The maximum atomic E-state index is 14.5. The molecule has 0 aliphatic carbocycles. The number of aromatic nitrogens is 1. The summed E-state index contributed by atoms with van der Waals surface area (Å²) in [5.41, 5.74) is 29.7. The van der Waals surface area contributed by atoms with Gasteiger partial charge >= 0.3 is 11.9 Å². The summed E-state index contributed by atoms with van der Waals surface area (Å²) in [4.78, 5) is 249. The molecule has 27 N–H and O–H groups in total. The van der Waals surface area contributed by atoms with E-state index in [1.165, 1.54) is 27.0 Å². The third-order valence-corrected chi connectivity index (χ3v) is 17.3. The molecule has 108 heavy (non-hydrogen) atoms. The van der Waals surface area contributed by atoms with Gasteiger partial charge in [-0.15, -0.1) is 0 Å². The monoisotopic (exact) mass is 1530 g/mol. The maximum absolute atomic E-state index is 14.5. The summed E-state index contributed by atoms with van der Waals surface area (Å²) >= 11 is 0. The highest BCUT2D eigenvalue weighted by Crippen LogP contribution is 2.21. The van der Waals surface area contributed by atoms with Crippen LogP contribution in [0.2, 0.25) is 0 Å². The van der Waals surface area contributed by atoms with Crippen molar-refractivity contribution < 1.29 is 102 Å². The van der Waals surface area contributed by atoms with Gasteiger partial charge in [-0.05, 0) is 86.8 Å². The molecule has 14 atom stereocenters. The third kappa shape index (κ3) is 30.9. The van der Waals surface area contributed by atoms with Gasteiger partial charge in [-0.25, -0.2) is 0 Å². The number of primary amides is 3. The summed E-state index contributed by atoms with van der Waals surface area (Å²) in [5, 5.41) is 62.1. The van der Waals surface area contributed by atoms with Gasteiger partial charge in [0.25, 0.3) is 0 Å². The number of nitrogens with two attached hydrogens (primary N) is 5. The molecule has 2 aromatic rings. The Morgan fingerprint density at radius 2 is 0.926 bits per heavy atom. The highest BCUT2D eigenvalue weighted by atomic mass is 16.4. The lowest BCUT2D eigenvalue weighted by molar-refractivity contribution is -0.142. The fraction of sp³-hybridized carbons (Fsp3) is 0.618. The van der Waals surface area contributed by atoms with Crippen LogP contribution in [0.15, 0.2) is 30.5 Å². The van der Waals surface area contributed by atoms with E-state index in [1.807, 2.05) is 0 Å². The van der Waals surface area contributed by atoms with Crippen molar-refractivity contribution in [3.05, 3.63) is 36.0 Å². The topological polar surface area (TPSA) is 670 Å². The van der Waals surface area contributed by atoms with E-state index in [1.54, 1.807) is 58.9 Å². The number of hydrogen-bond donors (Lipinski definition) is 22. The number of fused-ring (bicyclic) bond motifs is 1. The number of unbranched alkanes of at least 4 members (excludes halogenated alkanes) is 1. The SMILES string of the molecule is CC[C@H](C)[C@@H]1NC(=O)[C@H](CCCCN)NC(=O)[C@H](CC(C)C)NC(=O)[C@H](CO)NC(=O)[C@H](CC(N)=O)NC(=O)[C@H](Cc2c[nH]c3ccccc23)NC(=O)CC(N)C(=O)NCCCC(C(N)=O)NC(=O)[C@H](C(C)C)NC(=O)[C@H](CC(=O)O)NC(=O)[C@H](CC(C)C)NC(=O)[C@H](CC(N)=O)NC(=O)[C@H](CC(=O)O)NC1=O. The number of aromatic amines is 1. The van der Waals surface area contributed by atoms with Crippen LogP contribution in [0, 0.1) is 23.7 Å². The Balaban J connectivity index is 2.22. The molecule has 2 heterocycles. The molecule has 1 saturated heterocycles. The number of aliphatic hydroxyl groups excluding tert-OH is 1. The summed E-state index contributed by atoms with van der Waals surface area (Å²) in [6.45, 7) is 11.2. The average Bonchev–Trinajstić information content (AvgIpc) is 1.63. The Morgan fingerprint density at radius 1 is 0.500 bits per heavy atom. The van der Waals surface area contributed by atoms with Gasteiger partial charge in [0.2, 0.25) is 94.5 Å². The van der Waals surface area contributed by atoms with Crippen LogP contribution in [0.1, 0.15) is 144 Å². The molecule has 1 fully saturated rings. The number of carboxylic acids is 2. The Kier molecular flexibility index (Phi) is 38.0. The van der Waals surface area contributed by atoms with Gasteiger partial charge in [-0.1, -0.05) is 80.0 Å². The zero-order valence-electron chi connectivity index (χ0n) is 61.8. The fourth-order valence-electron chi connectivity index (χ4n) is 11.3. The summed E-state index contributed by atoms with van der Waals surface area (Å²) in [7, 11) is 0. The number of H-pyrrole nitrogens is 1. The van der Waals surface area contributed by atoms with Crippen molar-refractivity contribution in [3.8, 4) is 0 Å². The van der Waals surface area contributed by atoms with Crippen molar-refractivity contribution in [1.29, 1.82) is 0 Å². The number of carbonyl (C=O) groups is 18. The minimum atomic E-state index is -2.10. The van der Waals surface area contributed by atoms with Crippen LogP contribution >= 0.6 is 0 Å². The van der Waals surface area contributed by atoms with Crippen LogP contribution in [0.25, 0.3) is 10.9 Å². The van der Waals surface area contributed by atoms with Crippen LogP contribution in [-0.4, -0.2) is 225 Å². The number of hydrogen-bond acceptors (Lipinski definition) is 21. The second kappa shape index (κ2) is 44.9. The number of benzene rings is 1. The first-order valence-electron chi connectivity index (χ1n) is 35.5. The fourth-order valence-corrected chi connectivity index (χ4v) is 11.3. The number of aliphatic hydroxyl groups is 1. The quantitative estimate of drug-likeness (QED) is 0.0460. The van der Waals surface area contributed by atoms with E-state index in [0.29, 0.717) is 22.9 Å². The Bertz CT molecular complexity index is 3550. The predicted molar refractivity (Wildman–Crippen MR) is 385 cm³/mol. The minimum absolute atomic E-state index is 0.0970. The van der Waals surface area contributed by atoms with E-state index < -0.39 is 247 Å². The molecule has 40 nitrogen and oxygen atoms in total. The number of amides is 16. The van der Waals surface area contributed by atoms with Crippen LogP contribution in [0.3, 0.4) is 0 Å². The second-order valence-electron chi connectivity index (χ2n) is 27.7. The number of rotatable bonds is 23. The summed E-state index contributed by atoms with van der Waals surface area (Å²) in [6.07, 6.45) is -4.16. The molecule has 0 spiro atoms. The van der Waals surface area contributed by atoms with Crippen molar-refractivity contribution in [1.82, 2.24) is 74.1 Å². The third-order valence-electron chi connectivity index (χ3n) is 17.3. The Morgan fingerprint density at radius 3 is 1.40 bits per heavy atom. The molecule has 16 amide bonds. The molecule has 1 aromatic heterocycles. The lowest BCUT2D eigenvalue weighted by Crippen LogP contribution is -2.62. The molecular weight excluding hydrogens is 1420 g/mol. The molecule has 600 valence electrons. The van der Waals surface area contributed by atoms with Gasteiger partial charge in [0, 0.05) is 30.1 Å². The highest BCUT2D eigenvalue weighted by Gasteiger charge is 2.40. The average molecular weight is 1530 g/mol. The highest BCUT2D eigenvalue weighted by molar-refractivity contribution is 6.02. The second-order valence-corrected chi connectivity index (χ2v) is 27.7. The van der Waals surface area contributed by atoms with Crippen LogP contribution in [0.4, 0.5) is 0 Å². The van der Waals surface area contributed by atoms with Crippen molar-refractivity contribution >= 4 is 117 Å². The van der Waals surface area contributed by atoms with Gasteiger partial charge in [0.1, 0.15) is 72.5 Å². The molecule has 1 aliphatic rings.